The topological polar surface area (TPSA) is 48.1 Å². The molecule has 0 aliphatic heterocycles. The molecule has 0 fully saturated rings. The summed E-state index contributed by atoms with van der Waals surface area (Å²) in [6, 6.07) is 6.06. The zero-order chi connectivity index (χ0) is 11.5. The first-order chi connectivity index (χ1) is 7.65. The summed E-state index contributed by atoms with van der Waals surface area (Å²) >= 11 is 1.43. The van der Waals surface area contributed by atoms with Crippen molar-refractivity contribution in [3.05, 3.63) is 40.4 Å². The number of nitrogens with two attached hydrogens (primary N) is 1. The molecule has 2 aromatic rings. The Hall–Kier alpha value is -1.55. The molecular formula is C12H14N2OS. The maximum absolute atomic E-state index is 5.63. The van der Waals surface area contributed by atoms with E-state index in [-0.39, 0.29) is 0 Å². The molecule has 0 bridgehead atoms. The van der Waals surface area contributed by atoms with Crippen LogP contribution in [0.3, 0.4) is 0 Å². The fourth-order valence-corrected chi connectivity index (χ4v) is 1.90. The Balaban J connectivity index is 2.02. The molecule has 0 aliphatic rings. The summed E-state index contributed by atoms with van der Waals surface area (Å²) in [5, 5.41) is 2.50. The monoisotopic (exact) mass is 234 g/mol. The third-order valence-electron chi connectivity index (χ3n) is 2.43. The SMILES string of the molecule is Cc1ccc(OCc2csc(N)n2)cc1C. The molecule has 0 atom stereocenters. The molecule has 0 aliphatic carbocycles. The quantitative estimate of drug-likeness (QED) is 0.888. The largest absolute Gasteiger partial charge is 0.487 e. The average Bonchev–Trinajstić information content (AvgIpc) is 2.66. The zero-order valence-electron chi connectivity index (χ0n) is 9.36. The van der Waals surface area contributed by atoms with Gasteiger partial charge in [0.15, 0.2) is 5.13 Å². The van der Waals surface area contributed by atoms with Gasteiger partial charge in [-0.25, -0.2) is 4.98 Å². The standard InChI is InChI=1S/C12H14N2OS/c1-8-3-4-11(5-9(8)2)15-6-10-7-16-12(13)14-10/h3-5,7H,6H2,1-2H3,(H2,13,14). The first-order valence-electron chi connectivity index (χ1n) is 5.05. The van der Waals surface area contributed by atoms with Crippen molar-refractivity contribution in [1.82, 2.24) is 4.98 Å². The lowest BCUT2D eigenvalue weighted by Gasteiger charge is -2.06. The van der Waals surface area contributed by atoms with Crippen LogP contribution >= 0.6 is 11.3 Å². The van der Waals surface area contributed by atoms with Crippen LogP contribution in [0.4, 0.5) is 5.13 Å². The van der Waals surface area contributed by atoms with Gasteiger partial charge in [0.1, 0.15) is 12.4 Å². The zero-order valence-corrected chi connectivity index (χ0v) is 10.2. The Morgan fingerprint density at radius 2 is 2.12 bits per heavy atom. The van der Waals surface area contributed by atoms with Gasteiger partial charge in [-0.3, -0.25) is 0 Å². The van der Waals surface area contributed by atoms with Crippen LogP contribution in [-0.2, 0) is 6.61 Å². The van der Waals surface area contributed by atoms with Crippen LogP contribution in [0.15, 0.2) is 23.6 Å². The van der Waals surface area contributed by atoms with Crippen molar-refractivity contribution >= 4 is 16.5 Å². The van der Waals surface area contributed by atoms with Gasteiger partial charge in [0.2, 0.25) is 0 Å². The number of ether oxygens (including phenoxy) is 1. The first-order valence-corrected chi connectivity index (χ1v) is 5.93. The number of aryl methyl sites for hydroxylation is 2. The van der Waals surface area contributed by atoms with Gasteiger partial charge in [-0.1, -0.05) is 6.07 Å². The van der Waals surface area contributed by atoms with Crippen LogP contribution in [0.25, 0.3) is 0 Å². The predicted molar refractivity (Wildman–Crippen MR) is 66.8 cm³/mol. The van der Waals surface area contributed by atoms with E-state index in [9.17, 15) is 0 Å². The number of rotatable bonds is 3. The molecule has 2 N–H and O–H groups in total. The minimum atomic E-state index is 0.468. The van der Waals surface area contributed by atoms with Crippen molar-refractivity contribution in [3.63, 3.8) is 0 Å². The number of nitrogens with zero attached hydrogens (tertiary/aromatic N) is 1. The van der Waals surface area contributed by atoms with Gasteiger partial charge >= 0.3 is 0 Å². The van der Waals surface area contributed by atoms with Gasteiger partial charge in [-0.2, -0.15) is 0 Å². The number of nitrogen functional groups attached to an aromatic ring is 1. The Kier molecular flexibility index (Phi) is 3.10. The van der Waals surface area contributed by atoms with E-state index in [1.54, 1.807) is 0 Å². The number of hydrogen-bond donors (Lipinski definition) is 1. The smallest absolute Gasteiger partial charge is 0.180 e. The van der Waals surface area contributed by atoms with Crippen LogP contribution in [0.2, 0.25) is 0 Å². The fraction of sp³-hybridized carbons (Fsp3) is 0.250. The second-order valence-corrected chi connectivity index (χ2v) is 4.60. The normalized spacial score (nSPS) is 10.4. The molecule has 1 aromatic heterocycles. The fourth-order valence-electron chi connectivity index (χ4n) is 1.35. The van der Waals surface area contributed by atoms with Gasteiger partial charge in [0, 0.05) is 5.38 Å². The third kappa shape index (κ3) is 2.52. The summed E-state index contributed by atoms with van der Waals surface area (Å²) in [7, 11) is 0. The molecule has 2 rings (SSSR count). The molecule has 4 heteroatoms. The molecule has 3 nitrogen and oxygen atoms in total. The number of benzene rings is 1. The summed E-state index contributed by atoms with van der Waals surface area (Å²) in [6.45, 7) is 4.62. The Bertz CT molecular complexity index is 494. The lowest BCUT2D eigenvalue weighted by atomic mass is 10.1. The van der Waals surface area contributed by atoms with E-state index in [1.165, 1.54) is 22.5 Å². The highest BCUT2D eigenvalue weighted by molar-refractivity contribution is 7.13. The van der Waals surface area contributed by atoms with Crippen molar-refractivity contribution in [2.45, 2.75) is 20.5 Å². The summed E-state index contributed by atoms with van der Waals surface area (Å²) in [5.41, 5.74) is 8.92. The molecule has 1 heterocycles. The van der Waals surface area contributed by atoms with E-state index in [1.807, 2.05) is 17.5 Å². The van der Waals surface area contributed by atoms with Gasteiger partial charge in [-0.15, -0.1) is 11.3 Å². The lowest BCUT2D eigenvalue weighted by molar-refractivity contribution is 0.302. The highest BCUT2D eigenvalue weighted by atomic mass is 32.1. The Morgan fingerprint density at radius 1 is 1.31 bits per heavy atom. The molecule has 1 aromatic carbocycles. The number of thiazole rings is 1. The van der Waals surface area contributed by atoms with Crippen molar-refractivity contribution in [2.75, 3.05) is 5.73 Å². The molecule has 0 unspecified atom stereocenters. The average molecular weight is 234 g/mol. The van der Waals surface area contributed by atoms with Crippen LogP contribution in [0, 0.1) is 13.8 Å². The van der Waals surface area contributed by atoms with Crippen molar-refractivity contribution in [2.24, 2.45) is 0 Å². The highest BCUT2D eigenvalue weighted by Crippen LogP contribution is 2.18. The van der Waals surface area contributed by atoms with Gasteiger partial charge in [0.05, 0.1) is 5.69 Å². The molecule has 0 amide bonds. The number of hydrogen-bond acceptors (Lipinski definition) is 4. The van der Waals surface area contributed by atoms with E-state index in [2.05, 4.69) is 24.9 Å². The summed E-state index contributed by atoms with van der Waals surface area (Å²) < 4.78 is 5.63. The Labute approximate surface area is 98.9 Å². The van der Waals surface area contributed by atoms with Crippen LogP contribution < -0.4 is 10.5 Å². The van der Waals surface area contributed by atoms with E-state index in [0.29, 0.717) is 11.7 Å². The molecular weight excluding hydrogens is 220 g/mol. The second-order valence-electron chi connectivity index (χ2n) is 3.71. The van der Waals surface area contributed by atoms with Gasteiger partial charge in [0.25, 0.3) is 0 Å². The van der Waals surface area contributed by atoms with Crippen LogP contribution in [0.5, 0.6) is 5.75 Å². The Morgan fingerprint density at radius 3 is 2.75 bits per heavy atom. The molecule has 84 valence electrons. The maximum Gasteiger partial charge on any atom is 0.180 e. The minimum absolute atomic E-state index is 0.468. The number of anilines is 1. The van der Waals surface area contributed by atoms with Crippen molar-refractivity contribution < 1.29 is 4.74 Å². The maximum atomic E-state index is 5.63. The number of aromatic nitrogens is 1. The van der Waals surface area contributed by atoms with Crippen LogP contribution in [0.1, 0.15) is 16.8 Å². The predicted octanol–water partition coefficient (Wildman–Crippen LogP) is 2.92. The van der Waals surface area contributed by atoms with E-state index >= 15 is 0 Å². The highest BCUT2D eigenvalue weighted by Gasteiger charge is 2.01. The molecule has 0 spiro atoms. The summed E-state index contributed by atoms with van der Waals surface area (Å²) in [4.78, 5) is 4.14. The molecule has 16 heavy (non-hydrogen) atoms. The van der Waals surface area contributed by atoms with E-state index in [4.69, 9.17) is 10.5 Å². The van der Waals surface area contributed by atoms with Gasteiger partial charge < -0.3 is 10.5 Å². The second kappa shape index (κ2) is 4.53. The summed E-state index contributed by atoms with van der Waals surface area (Å²) in [5.74, 6) is 0.870. The van der Waals surface area contributed by atoms with E-state index in [0.717, 1.165) is 11.4 Å². The lowest BCUT2D eigenvalue weighted by Crippen LogP contribution is -1.96. The third-order valence-corrected chi connectivity index (χ3v) is 3.16. The molecule has 0 saturated carbocycles. The molecule has 0 saturated heterocycles. The van der Waals surface area contributed by atoms with Crippen molar-refractivity contribution in [1.29, 1.82) is 0 Å². The van der Waals surface area contributed by atoms with Gasteiger partial charge in [-0.05, 0) is 37.1 Å². The summed E-state index contributed by atoms with van der Waals surface area (Å²) in [6.07, 6.45) is 0. The minimum Gasteiger partial charge on any atom is -0.487 e. The first kappa shape index (κ1) is 11.0. The molecule has 0 radical (unpaired) electrons. The van der Waals surface area contributed by atoms with E-state index < -0.39 is 0 Å². The van der Waals surface area contributed by atoms with Crippen molar-refractivity contribution in [3.8, 4) is 5.75 Å². The van der Waals surface area contributed by atoms with Crippen LogP contribution in [-0.4, -0.2) is 4.98 Å².